The SMILES string of the molecule is COCC(O)CCNCc1nonc1C. The normalized spacial score (nSPS) is 13.0. The van der Waals surface area contributed by atoms with Gasteiger partial charge in [0, 0.05) is 13.7 Å². The summed E-state index contributed by atoms with van der Waals surface area (Å²) in [6, 6.07) is 0. The predicted octanol–water partition coefficient (Wildman–Crippen LogP) is -0.135. The van der Waals surface area contributed by atoms with Crippen LogP contribution in [0, 0.1) is 6.92 Å². The first-order chi connectivity index (χ1) is 7.24. The van der Waals surface area contributed by atoms with E-state index >= 15 is 0 Å². The molecular formula is C9H17N3O3. The molecule has 0 saturated heterocycles. The first kappa shape index (κ1) is 12.1. The van der Waals surface area contributed by atoms with Crippen LogP contribution in [0.5, 0.6) is 0 Å². The van der Waals surface area contributed by atoms with E-state index in [1.54, 1.807) is 7.11 Å². The lowest BCUT2D eigenvalue weighted by atomic mass is 10.2. The topological polar surface area (TPSA) is 80.4 Å². The molecule has 86 valence electrons. The van der Waals surface area contributed by atoms with Gasteiger partial charge in [0.2, 0.25) is 0 Å². The highest BCUT2D eigenvalue weighted by atomic mass is 16.6. The van der Waals surface area contributed by atoms with Crippen molar-refractivity contribution in [1.29, 1.82) is 0 Å². The Morgan fingerprint density at radius 2 is 2.33 bits per heavy atom. The van der Waals surface area contributed by atoms with Crippen molar-refractivity contribution in [3.05, 3.63) is 11.4 Å². The van der Waals surface area contributed by atoms with Gasteiger partial charge in [-0.25, -0.2) is 4.63 Å². The molecule has 0 aliphatic rings. The fraction of sp³-hybridized carbons (Fsp3) is 0.778. The highest BCUT2D eigenvalue weighted by Gasteiger charge is 2.05. The van der Waals surface area contributed by atoms with E-state index in [1.807, 2.05) is 6.92 Å². The number of nitrogens with zero attached hydrogens (tertiary/aromatic N) is 2. The van der Waals surface area contributed by atoms with Crippen molar-refractivity contribution >= 4 is 0 Å². The van der Waals surface area contributed by atoms with E-state index in [9.17, 15) is 5.11 Å². The van der Waals surface area contributed by atoms with E-state index in [0.29, 0.717) is 26.1 Å². The van der Waals surface area contributed by atoms with Gasteiger partial charge in [0.15, 0.2) is 0 Å². The Hall–Kier alpha value is -0.980. The van der Waals surface area contributed by atoms with Gasteiger partial charge in [-0.3, -0.25) is 0 Å². The van der Waals surface area contributed by atoms with Crippen molar-refractivity contribution in [2.45, 2.75) is 26.0 Å². The predicted molar refractivity (Wildman–Crippen MR) is 53.2 cm³/mol. The number of aliphatic hydroxyl groups excluding tert-OH is 1. The zero-order valence-electron chi connectivity index (χ0n) is 9.06. The van der Waals surface area contributed by atoms with Crippen LogP contribution in [0.25, 0.3) is 0 Å². The number of aryl methyl sites for hydroxylation is 1. The van der Waals surface area contributed by atoms with Crippen molar-refractivity contribution in [1.82, 2.24) is 15.6 Å². The van der Waals surface area contributed by atoms with E-state index in [0.717, 1.165) is 11.4 Å². The number of hydrogen-bond acceptors (Lipinski definition) is 6. The summed E-state index contributed by atoms with van der Waals surface area (Å²) in [6.07, 6.45) is 0.233. The Morgan fingerprint density at radius 1 is 1.53 bits per heavy atom. The Morgan fingerprint density at radius 3 is 2.93 bits per heavy atom. The van der Waals surface area contributed by atoms with Gasteiger partial charge in [-0.1, -0.05) is 10.3 Å². The van der Waals surface area contributed by atoms with E-state index in [1.165, 1.54) is 0 Å². The van der Waals surface area contributed by atoms with Gasteiger partial charge >= 0.3 is 0 Å². The fourth-order valence-electron chi connectivity index (χ4n) is 1.16. The molecule has 1 atom stereocenters. The van der Waals surface area contributed by atoms with Crippen molar-refractivity contribution < 1.29 is 14.5 Å². The summed E-state index contributed by atoms with van der Waals surface area (Å²) >= 11 is 0. The van der Waals surface area contributed by atoms with Gasteiger partial charge in [0.05, 0.1) is 12.7 Å². The highest BCUT2D eigenvalue weighted by molar-refractivity contribution is 5.03. The summed E-state index contributed by atoms with van der Waals surface area (Å²) < 4.78 is 9.36. The number of methoxy groups -OCH3 is 1. The van der Waals surface area contributed by atoms with Gasteiger partial charge in [-0.2, -0.15) is 0 Å². The average molecular weight is 215 g/mol. The fourth-order valence-corrected chi connectivity index (χ4v) is 1.16. The second-order valence-electron chi connectivity index (χ2n) is 3.37. The van der Waals surface area contributed by atoms with Crippen LogP contribution in [0.4, 0.5) is 0 Å². The molecule has 0 amide bonds. The molecule has 0 aliphatic carbocycles. The van der Waals surface area contributed by atoms with Crippen LogP contribution in [0.1, 0.15) is 17.8 Å². The number of hydrogen-bond donors (Lipinski definition) is 2. The van der Waals surface area contributed by atoms with Crippen molar-refractivity contribution in [2.75, 3.05) is 20.3 Å². The quantitative estimate of drug-likeness (QED) is 0.616. The lowest BCUT2D eigenvalue weighted by molar-refractivity contribution is 0.0594. The van der Waals surface area contributed by atoms with Gasteiger partial charge in [0.25, 0.3) is 0 Å². The first-order valence-electron chi connectivity index (χ1n) is 4.89. The smallest absolute Gasteiger partial charge is 0.121 e. The van der Waals surface area contributed by atoms with Gasteiger partial charge in [-0.05, 0) is 19.9 Å². The van der Waals surface area contributed by atoms with Crippen LogP contribution in [0.3, 0.4) is 0 Å². The molecule has 15 heavy (non-hydrogen) atoms. The lowest BCUT2D eigenvalue weighted by Crippen LogP contribution is -2.23. The molecule has 1 aromatic heterocycles. The summed E-state index contributed by atoms with van der Waals surface area (Å²) in [7, 11) is 1.57. The van der Waals surface area contributed by atoms with Crippen LogP contribution in [-0.2, 0) is 11.3 Å². The minimum Gasteiger partial charge on any atom is -0.391 e. The van der Waals surface area contributed by atoms with E-state index in [2.05, 4.69) is 20.3 Å². The van der Waals surface area contributed by atoms with Gasteiger partial charge in [-0.15, -0.1) is 0 Å². The molecule has 0 aliphatic heterocycles. The maximum atomic E-state index is 9.35. The Kier molecular flexibility index (Phi) is 5.23. The molecule has 1 rings (SSSR count). The van der Waals surface area contributed by atoms with Crippen LogP contribution in [-0.4, -0.2) is 41.8 Å². The van der Waals surface area contributed by atoms with Crippen molar-refractivity contribution in [3.8, 4) is 0 Å². The number of rotatable bonds is 7. The summed E-state index contributed by atoms with van der Waals surface area (Å²) in [5, 5.41) is 19.9. The summed E-state index contributed by atoms with van der Waals surface area (Å²) in [5.74, 6) is 0. The molecule has 6 nitrogen and oxygen atoms in total. The van der Waals surface area contributed by atoms with E-state index < -0.39 is 6.10 Å². The largest absolute Gasteiger partial charge is 0.391 e. The third-order valence-corrected chi connectivity index (χ3v) is 2.05. The number of aromatic nitrogens is 2. The molecule has 0 saturated carbocycles. The zero-order valence-corrected chi connectivity index (χ0v) is 9.06. The Labute approximate surface area is 88.6 Å². The summed E-state index contributed by atoms with van der Waals surface area (Å²) in [6.45, 7) is 3.52. The second kappa shape index (κ2) is 6.49. The lowest BCUT2D eigenvalue weighted by Gasteiger charge is -2.09. The summed E-state index contributed by atoms with van der Waals surface area (Å²) in [4.78, 5) is 0. The van der Waals surface area contributed by atoms with Crippen LogP contribution >= 0.6 is 0 Å². The molecule has 1 aromatic rings. The first-order valence-corrected chi connectivity index (χ1v) is 4.89. The van der Waals surface area contributed by atoms with Crippen LogP contribution in [0.15, 0.2) is 4.63 Å². The van der Waals surface area contributed by atoms with E-state index in [4.69, 9.17) is 4.74 Å². The molecule has 0 fully saturated rings. The molecule has 0 bridgehead atoms. The molecule has 0 radical (unpaired) electrons. The number of nitrogens with one attached hydrogen (secondary N) is 1. The Balaban J connectivity index is 2.09. The van der Waals surface area contributed by atoms with E-state index in [-0.39, 0.29) is 0 Å². The molecule has 0 spiro atoms. The van der Waals surface area contributed by atoms with Crippen molar-refractivity contribution in [3.63, 3.8) is 0 Å². The van der Waals surface area contributed by atoms with Crippen LogP contribution < -0.4 is 5.32 Å². The molecule has 0 aromatic carbocycles. The third-order valence-electron chi connectivity index (χ3n) is 2.05. The minimum atomic E-state index is -0.418. The van der Waals surface area contributed by atoms with Gasteiger partial charge in [0.1, 0.15) is 11.4 Å². The molecule has 1 unspecified atom stereocenters. The van der Waals surface area contributed by atoms with Gasteiger partial charge < -0.3 is 15.2 Å². The number of aliphatic hydroxyl groups is 1. The number of ether oxygens (including phenoxy) is 1. The zero-order chi connectivity index (χ0) is 11.1. The average Bonchev–Trinajstić information content (AvgIpc) is 2.60. The minimum absolute atomic E-state index is 0.367. The molecular weight excluding hydrogens is 198 g/mol. The Bertz CT molecular complexity index is 277. The van der Waals surface area contributed by atoms with Crippen molar-refractivity contribution in [2.24, 2.45) is 0 Å². The maximum Gasteiger partial charge on any atom is 0.121 e. The molecule has 1 heterocycles. The maximum absolute atomic E-state index is 9.35. The second-order valence-corrected chi connectivity index (χ2v) is 3.37. The molecule has 2 N–H and O–H groups in total. The third kappa shape index (κ3) is 4.37. The summed E-state index contributed by atoms with van der Waals surface area (Å²) in [5.41, 5.74) is 1.59. The molecule has 6 heteroatoms. The highest BCUT2D eigenvalue weighted by Crippen LogP contribution is 1.99. The monoisotopic (exact) mass is 215 g/mol. The van der Waals surface area contributed by atoms with Crippen LogP contribution in [0.2, 0.25) is 0 Å². The standard InChI is InChI=1S/C9H17N3O3/c1-7-9(12-15-11-7)5-10-4-3-8(13)6-14-2/h8,10,13H,3-6H2,1-2H3.